The normalized spacial score (nSPS) is 11.9. The zero-order chi connectivity index (χ0) is 16.7. The van der Waals surface area contributed by atoms with E-state index in [-0.39, 0.29) is 11.9 Å². The lowest BCUT2D eigenvalue weighted by molar-refractivity contribution is -0.122. The fourth-order valence-electron chi connectivity index (χ4n) is 2.16. The summed E-state index contributed by atoms with van der Waals surface area (Å²) in [5.74, 6) is 0.131. The van der Waals surface area contributed by atoms with Crippen molar-refractivity contribution in [3.05, 3.63) is 29.3 Å². The maximum atomic E-state index is 12.1. The van der Waals surface area contributed by atoms with Crippen LogP contribution >= 0.6 is 0 Å². The number of urea groups is 1. The SMILES string of the molecule is CCCNC(=O)[C@H](C)NC(=O)Nc1c(C)cccc1C(C)C. The molecule has 0 aliphatic heterocycles. The number of carbonyl (C=O) groups is 2. The van der Waals surface area contributed by atoms with Crippen LogP contribution < -0.4 is 16.0 Å². The van der Waals surface area contributed by atoms with Gasteiger partial charge in [-0.05, 0) is 37.3 Å². The van der Waals surface area contributed by atoms with Crippen molar-refractivity contribution in [2.24, 2.45) is 0 Å². The van der Waals surface area contributed by atoms with Crippen molar-refractivity contribution in [1.82, 2.24) is 10.6 Å². The zero-order valence-electron chi connectivity index (χ0n) is 14.1. The van der Waals surface area contributed by atoms with E-state index in [1.807, 2.05) is 32.0 Å². The van der Waals surface area contributed by atoms with E-state index in [1.54, 1.807) is 6.92 Å². The summed E-state index contributed by atoms with van der Waals surface area (Å²) in [4.78, 5) is 23.9. The molecule has 3 N–H and O–H groups in total. The van der Waals surface area contributed by atoms with E-state index in [4.69, 9.17) is 0 Å². The van der Waals surface area contributed by atoms with Gasteiger partial charge in [-0.25, -0.2) is 4.79 Å². The Morgan fingerprint density at radius 3 is 2.45 bits per heavy atom. The summed E-state index contributed by atoms with van der Waals surface area (Å²) in [5, 5.41) is 8.30. The van der Waals surface area contributed by atoms with Crippen molar-refractivity contribution in [1.29, 1.82) is 0 Å². The molecule has 0 saturated carbocycles. The summed E-state index contributed by atoms with van der Waals surface area (Å²) in [6.07, 6.45) is 0.867. The van der Waals surface area contributed by atoms with Crippen molar-refractivity contribution in [3.63, 3.8) is 0 Å². The minimum absolute atomic E-state index is 0.175. The monoisotopic (exact) mass is 305 g/mol. The van der Waals surface area contributed by atoms with Gasteiger partial charge in [0.25, 0.3) is 0 Å². The quantitative estimate of drug-likeness (QED) is 0.755. The number of nitrogens with one attached hydrogen (secondary N) is 3. The largest absolute Gasteiger partial charge is 0.354 e. The number of para-hydroxylation sites is 1. The number of anilines is 1. The Labute approximate surface area is 132 Å². The van der Waals surface area contributed by atoms with E-state index >= 15 is 0 Å². The molecule has 5 nitrogen and oxygen atoms in total. The van der Waals surface area contributed by atoms with Crippen LogP contribution in [0.1, 0.15) is 51.2 Å². The molecule has 0 bridgehead atoms. The van der Waals surface area contributed by atoms with Crippen molar-refractivity contribution in [2.45, 2.75) is 53.0 Å². The molecule has 3 amide bonds. The van der Waals surface area contributed by atoms with Crippen molar-refractivity contribution in [2.75, 3.05) is 11.9 Å². The second kappa shape index (κ2) is 8.41. The second-order valence-corrected chi connectivity index (χ2v) is 5.81. The van der Waals surface area contributed by atoms with E-state index in [0.29, 0.717) is 12.5 Å². The third-order valence-electron chi connectivity index (χ3n) is 3.46. The number of carbonyl (C=O) groups excluding carboxylic acids is 2. The van der Waals surface area contributed by atoms with E-state index < -0.39 is 6.04 Å². The van der Waals surface area contributed by atoms with Gasteiger partial charge in [-0.3, -0.25) is 4.79 Å². The van der Waals surface area contributed by atoms with Gasteiger partial charge in [0, 0.05) is 12.2 Å². The van der Waals surface area contributed by atoms with Crippen molar-refractivity contribution < 1.29 is 9.59 Å². The van der Waals surface area contributed by atoms with Crippen LogP contribution in [-0.2, 0) is 4.79 Å². The van der Waals surface area contributed by atoms with Gasteiger partial charge < -0.3 is 16.0 Å². The molecule has 0 fully saturated rings. The molecule has 5 heteroatoms. The van der Waals surface area contributed by atoms with Crippen LogP contribution in [-0.4, -0.2) is 24.5 Å². The van der Waals surface area contributed by atoms with E-state index in [1.165, 1.54) is 0 Å². The maximum Gasteiger partial charge on any atom is 0.319 e. The molecular weight excluding hydrogens is 278 g/mol. The summed E-state index contributed by atoms with van der Waals surface area (Å²) in [5.41, 5.74) is 2.90. The number of rotatable bonds is 6. The fourth-order valence-corrected chi connectivity index (χ4v) is 2.16. The predicted octanol–water partition coefficient (Wildman–Crippen LogP) is 3.15. The lowest BCUT2D eigenvalue weighted by Gasteiger charge is -2.19. The predicted molar refractivity (Wildman–Crippen MR) is 90.2 cm³/mol. The summed E-state index contributed by atoms with van der Waals surface area (Å²) < 4.78 is 0. The Kier molecular flexibility index (Phi) is 6.89. The first kappa shape index (κ1) is 18.0. The number of hydrogen-bond donors (Lipinski definition) is 3. The minimum Gasteiger partial charge on any atom is -0.354 e. The van der Waals surface area contributed by atoms with Gasteiger partial charge in [0.05, 0.1) is 0 Å². The molecule has 0 radical (unpaired) electrons. The van der Waals surface area contributed by atoms with E-state index in [2.05, 4.69) is 29.8 Å². The molecule has 0 aromatic heterocycles. The van der Waals surface area contributed by atoms with Gasteiger partial charge in [0.1, 0.15) is 6.04 Å². The van der Waals surface area contributed by atoms with Gasteiger partial charge in [-0.1, -0.05) is 39.0 Å². The first-order valence-electron chi connectivity index (χ1n) is 7.81. The first-order chi connectivity index (χ1) is 10.4. The molecule has 1 rings (SSSR count). The molecule has 0 heterocycles. The molecule has 1 aromatic carbocycles. The summed E-state index contributed by atoms with van der Waals surface area (Å²) in [7, 11) is 0. The first-order valence-corrected chi connectivity index (χ1v) is 7.81. The molecule has 22 heavy (non-hydrogen) atoms. The molecule has 122 valence electrons. The highest BCUT2D eigenvalue weighted by molar-refractivity contribution is 5.94. The molecule has 0 saturated heterocycles. The second-order valence-electron chi connectivity index (χ2n) is 5.81. The highest BCUT2D eigenvalue weighted by Crippen LogP contribution is 2.27. The average molecular weight is 305 g/mol. The number of aryl methyl sites for hydroxylation is 1. The average Bonchev–Trinajstić information content (AvgIpc) is 2.46. The molecule has 1 atom stereocenters. The van der Waals surface area contributed by atoms with Crippen LogP contribution in [0.25, 0.3) is 0 Å². The Bertz CT molecular complexity index is 527. The van der Waals surface area contributed by atoms with Crippen LogP contribution in [0, 0.1) is 6.92 Å². The zero-order valence-corrected chi connectivity index (χ0v) is 14.1. The third-order valence-corrected chi connectivity index (χ3v) is 3.46. The lowest BCUT2D eigenvalue weighted by Crippen LogP contribution is -2.46. The molecule has 0 aliphatic carbocycles. The molecule has 0 spiro atoms. The van der Waals surface area contributed by atoms with E-state index in [0.717, 1.165) is 23.2 Å². The molecule has 0 unspecified atom stereocenters. The Balaban J connectivity index is 2.72. The van der Waals surface area contributed by atoms with Crippen LogP contribution in [0.4, 0.5) is 10.5 Å². The van der Waals surface area contributed by atoms with Gasteiger partial charge in [0.15, 0.2) is 0 Å². The van der Waals surface area contributed by atoms with Crippen molar-refractivity contribution in [3.8, 4) is 0 Å². The molecular formula is C17H27N3O2. The summed E-state index contributed by atoms with van der Waals surface area (Å²) in [6.45, 7) is 10.4. The Hall–Kier alpha value is -2.04. The lowest BCUT2D eigenvalue weighted by atomic mass is 9.98. The van der Waals surface area contributed by atoms with E-state index in [9.17, 15) is 9.59 Å². The Morgan fingerprint density at radius 1 is 1.18 bits per heavy atom. The number of hydrogen-bond acceptors (Lipinski definition) is 2. The van der Waals surface area contributed by atoms with Gasteiger partial charge in [-0.15, -0.1) is 0 Å². The highest BCUT2D eigenvalue weighted by atomic mass is 16.2. The van der Waals surface area contributed by atoms with Gasteiger partial charge in [0.2, 0.25) is 5.91 Å². The summed E-state index contributed by atoms with van der Waals surface area (Å²) in [6, 6.07) is 5.01. The van der Waals surface area contributed by atoms with Gasteiger partial charge in [-0.2, -0.15) is 0 Å². The maximum absolute atomic E-state index is 12.1. The fraction of sp³-hybridized carbons (Fsp3) is 0.529. The highest BCUT2D eigenvalue weighted by Gasteiger charge is 2.17. The smallest absolute Gasteiger partial charge is 0.319 e. The van der Waals surface area contributed by atoms with Crippen LogP contribution in [0.2, 0.25) is 0 Å². The Morgan fingerprint density at radius 2 is 1.86 bits per heavy atom. The van der Waals surface area contributed by atoms with Crippen molar-refractivity contribution >= 4 is 17.6 Å². The van der Waals surface area contributed by atoms with Crippen LogP contribution in [0.5, 0.6) is 0 Å². The van der Waals surface area contributed by atoms with Crippen LogP contribution in [0.3, 0.4) is 0 Å². The standard InChI is InChI=1S/C17H27N3O2/c1-6-10-18-16(21)13(5)19-17(22)20-15-12(4)8-7-9-14(15)11(2)3/h7-9,11,13H,6,10H2,1-5H3,(H,18,21)(H2,19,20,22)/t13-/m0/s1. The minimum atomic E-state index is -0.571. The topological polar surface area (TPSA) is 70.2 Å². The molecule has 0 aliphatic rings. The number of amides is 3. The third kappa shape index (κ3) is 5.06. The molecule has 1 aromatic rings. The van der Waals surface area contributed by atoms with Gasteiger partial charge >= 0.3 is 6.03 Å². The van der Waals surface area contributed by atoms with Crippen LogP contribution in [0.15, 0.2) is 18.2 Å². The number of benzene rings is 1. The summed E-state index contributed by atoms with van der Waals surface area (Å²) >= 11 is 0.